The highest BCUT2D eigenvalue weighted by Gasteiger charge is 2.21. The van der Waals surface area contributed by atoms with Gasteiger partial charge in [-0.3, -0.25) is 0 Å². The summed E-state index contributed by atoms with van der Waals surface area (Å²) >= 11 is 0. The van der Waals surface area contributed by atoms with Crippen LogP contribution >= 0.6 is 0 Å². The average Bonchev–Trinajstić information content (AvgIpc) is 1.99. The van der Waals surface area contributed by atoms with Gasteiger partial charge in [0.25, 0.3) is 0 Å². The first-order valence-corrected chi connectivity index (χ1v) is 3.91. The van der Waals surface area contributed by atoms with Crippen LogP contribution in [0.4, 0.5) is 4.39 Å². The van der Waals surface area contributed by atoms with E-state index < -0.39 is 6.17 Å². The first-order valence-electron chi connectivity index (χ1n) is 3.91. The third kappa shape index (κ3) is 1.82. The first-order chi connectivity index (χ1) is 5.25. The van der Waals surface area contributed by atoms with E-state index >= 15 is 0 Å². The van der Waals surface area contributed by atoms with Gasteiger partial charge in [-0.2, -0.15) is 0 Å². The molecule has 0 aromatic rings. The van der Waals surface area contributed by atoms with Crippen molar-refractivity contribution in [2.75, 3.05) is 6.61 Å². The zero-order valence-corrected chi connectivity index (χ0v) is 6.88. The molecule has 1 aliphatic rings. The lowest BCUT2D eigenvalue weighted by atomic mass is 10.00. The summed E-state index contributed by atoms with van der Waals surface area (Å²) in [5.74, 6) is 0.407. The van der Waals surface area contributed by atoms with Crippen LogP contribution in [-0.4, -0.2) is 12.8 Å². The van der Waals surface area contributed by atoms with Crippen molar-refractivity contribution in [2.24, 2.45) is 5.92 Å². The van der Waals surface area contributed by atoms with Gasteiger partial charge in [-0.25, -0.2) is 4.39 Å². The number of hydrogen-bond acceptors (Lipinski definition) is 1. The fraction of sp³-hybridized carbons (Fsp3) is 0.556. The molecule has 0 amide bonds. The Morgan fingerprint density at radius 2 is 2.36 bits per heavy atom. The van der Waals surface area contributed by atoms with Crippen molar-refractivity contribution in [3.63, 3.8) is 0 Å². The molecule has 62 valence electrons. The van der Waals surface area contributed by atoms with Gasteiger partial charge in [0, 0.05) is 5.92 Å². The Morgan fingerprint density at radius 1 is 1.64 bits per heavy atom. The van der Waals surface area contributed by atoms with Crippen LogP contribution in [0.15, 0.2) is 24.0 Å². The molecule has 1 nitrogen and oxygen atoms in total. The van der Waals surface area contributed by atoms with Crippen LogP contribution in [0, 0.1) is 5.92 Å². The Kier molecular flexibility index (Phi) is 2.69. The van der Waals surface area contributed by atoms with E-state index in [1.54, 1.807) is 6.08 Å². The van der Waals surface area contributed by atoms with Crippen molar-refractivity contribution < 1.29 is 9.13 Å². The quantitative estimate of drug-likeness (QED) is 0.596. The predicted molar refractivity (Wildman–Crippen MR) is 42.9 cm³/mol. The highest BCUT2D eigenvalue weighted by atomic mass is 19.1. The van der Waals surface area contributed by atoms with Crippen molar-refractivity contribution in [2.45, 2.75) is 20.0 Å². The molecule has 11 heavy (non-hydrogen) atoms. The van der Waals surface area contributed by atoms with Gasteiger partial charge in [0.1, 0.15) is 5.76 Å². The number of halogens is 1. The molecule has 1 rings (SSSR count). The minimum Gasteiger partial charge on any atom is -0.495 e. The summed E-state index contributed by atoms with van der Waals surface area (Å²) in [5.41, 5.74) is 0. The van der Waals surface area contributed by atoms with Gasteiger partial charge in [0.05, 0.1) is 6.61 Å². The molecule has 1 aliphatic carbocycles. The Bertz CT molecular complexity index is 184. The largest absolute Gasteiger partial charge is 0.495 e. The van der Waals surface area contributed by atoms with Gasteiger partial charge in [0.15, 0.2) is 6.17 Å². The number of alkyl halides is 1. The highest BCUT2D eigenvalue weighted by molar-refractivity contribution is 5.19. The second-order valence-corrected chi connectivity index (χ2v) is 2.65. The fourth-order valence-corrected chi connectivity index (χ4v) is 1.07. The average molecular weight is 156 g/mol. The maximum absolute atomic E-state index is 13.2. The van der Waals surface area contributed by atoms with E-state index in [-0.39, 0.29) is 5.92 Å². The third-order valence-corrected chi connectivity index (χ3v) is 1.72. The minimum atomic E-state index is -0.958. The van der Waals surface area contributed by atoms with E-state index in [0.717, 1.165) is 0 Å². The van der Waals surface area contributed by atoms with E-state index in [9.17, 15) is 4.39 Å². The molecule has 0 N–H and O–H groups in total. The number of allylic oxidation sites excluding steroid dienone is 4. The van der Waals surface area contributed by atoms with Crippen molar-refractivity contribution >= 4 is 0 Å². The lowest BCUT2D eigenvalue weighted by Crippen LogP contribution is -2.17. The summed E-state index contributed by atoms with van der Waals surface area (Å²) in [6, 6.07) is 0. The fourth-order valence-electron chi connectivity index (χ4n) is 1.07. The van der Waals surface area contributed by atoms with Gasteiger partial charge in [-0.05, 0) is 13.0 Å². The molecule has 0 bridgehead atoms. The number of hydrogen-bond donors (Lipinski definition) is 0. The molecule has 0 aromatic heterocycles. The second kappa shape index (κ2) is 3.56. The van der Waals surface area contributed by atoms with Gasteiger partial charge < -0.3 is 4.74 Å². The Balaban J connectivity index is 2.62. The molecule has 2 heteroatoms. The lowest BCUT2D eigenvalue weighted by Gasteiger charge is -2.19. The maximum Gasteiger partial charge on any atom is 0.163 e. The van der Waals surface area contributed by atoms with Crippen LogP contribution in [0.2, 0.25) is 0 Å². The molecule has 0 aliphatic heterocycles. The topological polar surface area (TPSA) is 9.23 Å². The molecule has 0 saturated heterocycles. The van der Waals surface area contributed by atoms with Crippen molar-refractivity contribution in [3.8, 4) is 0 Å². The van der Waals surface area contributed by atoms with E-state index in [1.165, 1.54) is 0 Å². The van der Waals surface area contributed by atoms with E-state index in [1.807, 2.05) is 26.0 Å². The number of rotatable bonds is 2. The maximum atomic E-state index is 13.2. The van der Waals surface area contributed by atoms with Gasteiger partial charge in [0.2, 0.25) is 0 Å². The SMILES string of the molecule is CCOC1=CC=CC(C)C1F. The molecule has 2 atom stereocenters. The van der Waals surface area contributed by atoms with Crippen LogP contribution in [-0.2, 0) is 4.74 Å². The van der Waals surface area contributed by atoms with E-state index in [4.69, 9.17) is 4.74 Å². The van der Waals surface area contributed by atoms with Crippen LogP contribution in [0.3, 0.4) is 0 Å². The second-order valence-electron chi connectivity index (χ2n) is 2.65. The van der Waals surface area contributed by atoms with E-state index in [0.29, 0.717) is 12.4 Å². The predicted octanol–water partition coefficient (Wildman–Crippen LogP) is 2.45. The van der Waals surface area contributed by atoms with Crippen LogP contribution in [0.1, 0.15) is 13.8 Å². The molecule has 0 radical (unpaired) electrons. The summed E-state index contributed by atoms with van der Waals surface area (Å²) in [4.78, 5) is 0. The monoisotopic (exact) mass is 156 g/mol. The van der Waals surface area contributed by atoms with Crippen molar-refractivity contribution in [1.82, 2.24) is 0 Å². The lowest BCUT2D eigenvalue weighted by molar-refractivity contribution is 0.146. The third-order valence-electron chi connectivity index (χ3n) is 1.72. The molecule has 0 heterocycles. The standard InChI is InChI=1S/C9H13FO/c1-3-11-8-6-4-5-7(2)9(8)10/h4-7,9H,3H2,1-2H3. The Labute approximate surface area is 66.6 Å². The van der Waals surface area contributed by atoms with Crippen LogP contribution in [0.5, 0.6) is 0 Å². The van der Waals surface area contributed by atoms with Crippen molar-refractivity contribution in [1.29, 1.82) is 0 Å². The minimum absolute atomic E-state index is 0.0541. The molecule has 0 aromatic carbocycles. The highest BCUT2D eigenvalue weighted by Crippen LogP contribution is 2.22. The zero-order valence-electron chi connectivity index (χ0n) is 6.88. The first kappa shape index (κ1) is 8.31. The van der Waals surface area contributed by atoms with Gasteiger partial charge in [-0.1, -0.05) is 19.1 Å². The molecule has 2 unspecified atom stereocenters. The van der Waals surface area contributed by atoms with E-state index in [2.05, 4.69) is 0 Å². The van der Waals surface area contributed by atoms with Crippen LogP contribution < -0.4 is 0 Å². The summed E-state index contributed by atoms with van der Waals surface area (Å²) in [7, 11) is 0. The molecule has 0 fully saturated rings. The smallest absolute Gasteiger partial charge is 0.163 e. The summed E-state index contributed by atoms with van der Waals surface area (Å²) < 4.78 is 18.3. The van der Waals surface area contributed by atoms with Crippen LogP contribution in [0.25, 0.3) is 0 Å². The van der Waals surface area contributed by atoms with Gasteiger partial charge in [-0.15, -0.1) is 0 Å². The Morgan fingerprint density at radius 3 is 3.00 bits per heavy atom. The Hall–Kier alpha value is -0.790. The molecular formula is C9H13FO. The molecule has 0 spiro atoms. The molecule has 0 saturated carbocycles. The van der Waals surface area contributed by atoms with Crippen molar-refractivity contribution in [3.05, 3.63) is 24.0 Å². The summed E-state index contributed by atoms with van der Waals surface area (Å²) in [6.07, 6.45) is 4.41. The summed E-state index contributed by atoms with van der Waals surface area (Å²) in [5, 5.41) is 0. The van der Waals surface area contributed by atoms with Gasteiger partial charge >= 0.3 is 0 Å². The number of ether oxygens (including phenoxy) is 1. The summed E-state index contributed by atoms with van der Waals surface area (Å²) in [6.45, 7) is 4.23. The molecular weight excluding hydrogens is 143 g/mol. The normalized spacial score (nSPS) is 29.9. The zero-order chi connectivity index (χ0) is 8.27.